The van der Waals surface area contributed by atoms with E-state index in [1.54, 1.807) is 26.1 Å². The van der Waals surface area contributed by atoms with Crippen molar-refractivity contribution >= 4 is 12.4 Å². The minimum absolute atomic E-state index is 0.175. The van der Waals surface area contributed by atoms with Crippen LogP contribution in [0.15, 0.2) is 18.5 Å². The summed E-state index contributed by atoms with van der Waals surface area (Å²) in [5, 5.41) is 12.4. The zero-order valence-corrected chi connectivity index (χ0v) is 10.3. The molecule has 0 aliphatic carbocycles. The molecule has 18 heavy (non-hydrogen) atoms. The number of ether oxygens (including phenoxy) is 1. The first-order valence-electron chi connectivity index (χ1n) is 5.56. The number of aliphatic hydroxyl groups excluding tert-OH is 1. The number of carbonyl (C=O) groups excluding carboxylic acids is 2. The summed E-state index contributed by atoms with van der Waals surface area (Å²) in [6, 6.07) is 0.576. The lowest BCUT2D eigenvalue weighted by Gasteiger charge is -2.21. The van der Waals surface area contributed by atoms with Crippen molar-refractivity contribution in [2.24, 2.45) is 0 Å². The van der Waals surface area contributed by atoms with E-state index in [9.17, 15) is 14.7 Å². The normalized spacial score (nSPS) is 13.5. The van der Waals surface area contributed by atoms with E-state index in [4.69, 9.17) is 4.74 Å². The molecule has 0 aliphatic rings. The molecule has 6 heteroatoms. The minimum Gasteiger partial charge on any atom is -0.464 e. The number of esters is 1. The highest BCUT2D eigenvalue weighted by molar-refractivity contribution is 5.79. The van der Waals surface area contributed by atoms with E-state index in [1.165, 1.54) is 6.20 Å². The first-order valence-corrected chi connectivity index (χ1v) is 5.56. The number of aryl methyl sites for hydroxylation is 1. The number of rotatable bonds is 6. The molecule has 1 aromatic heterocycles. The van der Waals surface area contributed by atoms with Gasteiger partial charge in [0.25, 0.3) is 0 Å². The zero-order valence-electron chi connectivity index (χ0n) is 10.3. The van der Waals surface area contributed by atoms with Gasteiger partial charge >= 0.3 is 5.97 Å². The molecule has 0 spiro atoms. The molecule has 2 N–H and O–H groups in total. The topological polar surface area (TPSA) is 88.5 Å². The van der Waals surface area contributed by atoms with Gasteiger partial charge in [0.1, 0.15) is 6.10 Å². The molecule has 0 saturated heterocycles. The Morgan fingerprint density at radius 3 is 2.94 bits per heavy atom. The summed E-state index contributed by atoms with van der Waals surface area (Å²) in [5.74, 6) is -0.680. The van der Waals surface area contributed by atoms with Crippen LogP contribution in [0.25, 0.3) is 0 Å². The highest BCUT2D eigenvalue weighted by atomic mass is 16.5. The second kappa shape index (κ2) is 6.70. The fraction of sp³-hybridized carbons (Fsp3) is 0.417. The summed E-state index contributed by atoms with van der Waals surface area (Å²) in [6.07, 6.45) is 2.20. The van der Waals surface area contributed by atoms with Crippen LogP contribution in [0.2, 0.25) is 0 Å². The number of pyridine rings is 1. The van der Waals surface area contributed by atoms with Gasteiger partial charge in [-0.05, 0) is 25.5 Å². The van der Waals surface area contributed by atoms with Gasteiger partial charge in [0.05, 0.1) is 6.61 Å². The maximum atomic E-state index is 11.6. The summed E-state index contributed by atoms with van der Waals surface area (Å²) >= 11 is 0. The van der Waals surface area contributed by atoms with Gasteiger partial charge in [0.15, 0.2) is 6.04 Å². The maximum Gasteiger partial charge on any atom is 0.331 e. The molecular formula is C12H16N2O4. The Morgan fingerprint density at radius 1 is 1.67 bits per heavy atom. The largest absolute Gasteiger partial charge is 0.464 e. The smallest absolute Gasteiger partial charge is 0.331 e. The molecule has 1 aromatic rings. The lowest BCUT2D eigenvalue weighted by Crippen LogP contribution is -2.42. The number of hydrogen-bond donors (Lipinski definition) is 2. The number of amides is 1. The average molecular weight is 252 g/mol. The van der Waals surface area contributed by atoms with Crippen molar-refractivity contribution in [1.29, 1.82) is 0 Å². The van der Waals surface area contributed by atoms with Crippen LogP contribution in [-0.2, 0) is 14.3 Å². The summed E-state index contributed by atoms with van der Waals surface area (Å²) in [6.45, 7) is 3.61. The van der Waals surface area contributed by atoms with Gasteiger partial charge in [-0.15, -0.1) is 0 Å². The van der Waals surface area contributed by atoms with Gasteiger partial charge in [-0.2, -0.15) is 0 Å². The Labute approximate surface area is 105 Å². The van der Waals surface area contributed by atoms with E-state index in [0.29, 0.717) is 12.0 Å². The Morgan fingerprint density at radius 2 is 2.39 bits per heavy atom. The second-order valence-electron chi connectivity index (χ2n) is 3.69. The highest BCUT2D eigenvalue weighted by Crippen LogP contribution is 2.20. The van der Waals surface area contributed by atoms with Crippen LogP contribution in [0.4, 0.5) is 0 Å². The van der Waals surface area contributed by atoms with Crippen LogP contribution in [0.5, 0.6) is 0 Å². The van der Waals surface area contributed by atoms with Gasteiger partial charge < -0.3 is 15.2 Å². The van der Waals surface area contributed by atoms with Gasteiger partial charge in [-0.1, -0.05) is 0 Å². The van der Waals surface area contributed by atoms with E-state index in [-0.39, 0.29) is 6.61 Å². The molecule has 0 aliphatic heterocycles. The fourth-order valence-electron chi connectivity index (χ4n) is 1.56. The maximum absolute atomic E-state index is 11.6. The van der Waals surface area contributed by atoms with Crippen molar-refractivity contribution in [2.75, 3.05) is 6.61 Å². The zero-order chi connectivity index (χ0) is 13.5. The Balaban J connectivity index is 2.95. The van der Waals surface area contributed by atoms with Gasteiger partial charge in [-0.3, -0.25) is 9.78 Å². The molecule has 1 amide bonds. The third-order valence-corrected chi connectivity index (χ3v) is 2.50. The van der Waals surface area contributed by atoms with Gasteiger partial charge in [0, 0.05) is 18.0 Å². The fourth-order valence-corrected chi connectivity index (χ4v) is 1.56. The van der Waals surface area contributed by atoms with E-state index < -0.39 is 18.1 Å². The van der Waals surface area contributed by atoms with E-state index in [2.05, 4.69) is 10.3 Å². The van der Waals surface area contributed by atoms with Gasteiger partial charge in [-0.25, -0.2) is 4.79 Å². The highest BCUT2D eigenvalue weighted by Gasteiger charge is 2.29. The molecule has 1 rings (SSSR count). The first-order chi connectivity index (χ1) is 8.61. The molecule has 98 valence electrons. The van der Waals surface area contributed by atoms with E-state index in [1.807, 2.05) is 0 Å². The summed E-state index contributed by atoms with van der Waals surface area (Å²) in [4.78, 5) is 26.0. The van der Waals surface area contributed by atoms with Crippen LogP contribution in [-0.4, -0.2) is 35.1 Å². The standard InChI is InChI=1S/C12H16N2O4/c1-3-18-12(17)10(14-7-15)11(16)9-6-13-5-4-8(9)2/h4-7,10-11,16H,3H2,1-2H3,(H,14,15). The van der Waals surface area contributed by atoms with Crippen molar-refractivity contribution in [1.82, 2.24) is 10.3 Å². The second-order valence-corrected chi connectivity index (χ2v) is 3.69. The van der Waals surface area contributed by atoms with E-state index in [0.717, 1.165) is 5.56 Å². The Kier molecular flexibility index (Phi) is 5.26. The number of carbonyl (C=O) groups is 2. The van der Waals surface area contributed by atoms with Crippen LogP contribution in [0, 0.1) is 6.92 Å². The average Bonchev–Trinajstić information content (AvgIpc) is 2.36. The van der Waals surface area contributed by atoms with Crippen LogP contribution >= 0.6 is 0 Å². The Bertz CT molecular complexity index is 422. The van der Waals surface area contributed by atoms with E-state index >= 15 is 0 Å². The first kappa shape index (κ1) is 14.1. The molecular weight excluding hydrogens is 236 g/mol. The number of nitrogens with zero attached hydrogens (tertiary/aromatic N) is 1. The number of aromatic nitrogens is 1. The van der Waals surface area contributed by atoms with Crippen molar-refractivity contribution in [2.45, 2.75) is 26.0 Å². The predicted octanol–water partition coefficient (Wildman–Crippen LogP) is 0.101. The van der Waals surface area contributed by atoms with Crippen LogP contribution in [0.1, 0.15) is 24.2 Å². The Hall–Kier alpha value is -1.95. The monoisotopic (exact) mass is 252 g/mol. The predicted molar refractivity (Wildman–Crippen MR) is 63.6 cm³/mol. The molecule has 1 heterocycles. The third-order valence-electron chi connectivity index (χ3n) is 2.50. The molecule has 0 bridgehead atoms. The minimum atomic E-state index is -1.19. The lowest BCUT2D eigenvalue weighted by atomic mass is 10.00. The quantitative estimate of drug-likeness (QED) is 0.554. The SMILES string of the molecule is CCOC(=O)C(NC=O)C(O)c1cnccc1C. The summed E-state index contributed by atoms with van der Waals surface area (Å²) in [7, 11) is 0. The molecule has 0 radical (unpaired) electrons. The van der Waals surface area contributed by atoms with Crippen molar-refractivity contribution in [3.63, 3.8) is 0 Å². The third kappa shape index (κ3) is 3.27. The van der Waals surface area contributed by atoms with Crippen LogP contribution in [0.3, 0.4) is 0 Å². The molecule has 0 saturated carbocycles. The summed E-state index contributed by atoms with van der Waals surface area (Å²) < 4.78 is 4.80. The number of aliphatic hydroxyl groups is 1. The molecule has 6 nitrogen and oxygen atoms in total. The van der Waals surface area contributed by atoms with Crippen molar-refractivity contribution in [3.05, 3.63) is 29.6 Å². The molecule has 2 unspecified atom stereocenters. The molecule has 2 atom stereocenters. The van der Waals surface area contributed by atoms with Gasteiger partial charge in [0.2, 0.25) is 6.41 Å². The van der Waals surface area contributed by atoms with Crippen molar-refractivity contribution < 1.29 is 19.4 Å². The number of hydrogen-bond acceptors (Lipinski definition) is 5. The molecule has 0 fully saturated rings. The lowest BCUT2D eigenvalue weighted by molar-refractivity contribution is -0.149. The summed E-state index contributed by atoms with van der Waals surface area (Å²) in [5.41, 5.74) is 1.25. The number of nitrogens with one attached hydrogen (secondary N) is 1. The molecule has 0 aromatic carbocycles. The van der Waals surface area contributed by atoms with Crippen LogP contribution < -0.4 is 5.32 Å². The van der Waals surface area contributed by atoms with Crippen molar-refractivity contribution in [3.8, 4) is 0 Å².